The number of benzene rings is 2. The molecule has 4 amide bonds. The minimum Gasteiger partial charge on any atom is -0.391 e. The number of amides is 4. The van der Waals surface area contributed by atoms with Crippen LogP contribution in [-0.2, 0) is 49.1 Å². The molecule has 0 radical (unpaired) electrons. The number of unbranched alkanes of at least 4 members (excludes halogenated alkanes) is 7. The molecule has 1 saturated heterocycles. The van der Waals surface area contributed by atoms with Gasteiger partial charge < -0.3 is 40.4 Å². The number of β-amino-alcohol motifs (C(OH)–C–C–N with tert-alkyl or cyclic N) is 1. The zero-order valence-electron chi connectivity index (χ0n) is 46.0. The maximum absolute atomic E-state index is 15.6. The van der Waals surface area contributed by atoms with Crippen LogP contribution in [0.5, 0.6) is 0 Å². The van der Waals surface area contributed by atoms with Crippen LogP contribution < -0.4 is 26.4 Å². The maximum Gasteiger partial charge on any atom is 0.277 e. The molecule has 18 nitrogen and oxygen atoms in total. The number of aliphatic hydroxyl groups is 1. The molecule has 7 heterocycles. The van der Waals surface area contributed by atoms with Crippen molar-refractivity contribution in [1.29, 1.82) is 0 Å². The van der Waals surface area contributed by atoms with E-state index in [1.165, 1.54) is 20.4 Å². The van der Waals surface area contributed by atoms with Gasteiger partial charge >= 0.3 is 0 Å². The average Bonchev–Trinajstić information content (AvgIpc) is 4.32. The molecule has 6 aromatic rings. The molecule has 424 valence electrons. The van der Waals surface area contributed by atoms with Crippen molar-refractivity contribution in [1.82, 2.24) is 40.4 Å². The molecule has 0 bridgehead atoms. The number of aryl methyl sites for hydroxylation is 2. The summed E-state index contributed by atoms with van der Waals surface area (Å²) in [4.78, 5) is 88.5. The molecule has 4 atom stereocenters. The lowest BCUT2D eigenvalue weighted by Gasteiger charge is -2.36. The summed E-state index contributed by atoms with van der Waals surface area (Å²) in [5.41, 5.74) is 4.75. The van der Waals surface area contributed by atoms with Crippen LogP contribution in [-0.4, -0.2) is 105 Å². The molecule has 4 aromatic heterocycles. The summed E-state index contributed by atoms with van der Waals surface area (Å²) in [7, 11) is -2.09. The Hall–Kier alpha value is -7.17. The van der Waals surface area contributed by atoms with E-state index in [1.54, 1.807) is 49.3 Å². The van der Waals surface area contributed by atoms with Gasteiger partial charge in [-0.25, -0.2) is 27.2 Å². The van der Waals surface area contributed by atoms with E-state index in [0.717, 1.165) is 67.1 Å². The van der Waals surface area contributed by atoms with Gasteiger partial charge in [0, 0.05) is 79.8 Å². The van der Waals surface area contributed by atoms with Crippen LogP contribution in [0.3, 0.4) is 0 Å². The van der Waals surface area contributed by atoms with Gasteiger partial charge in [-0.1, -0.05) is 83.6 Å². The van der Waals surface area contributed by atoms with Crippen LogP contribution in [0.1, 0.15) is 125 Å². The van der Waals surface area contributed by atoms with Gasteiger partial charge in [0.15, 0.2) is 21.5 Å². The summed E-state index contributed by atoms with van der Waals surface area (Å²) in [6.45, 7) is 9.66. The number of nitrogens with one attached hydrogen (secondary N) is 4. The largest absolute Gasteiger partial charge is 0.391 e. The molecule has 3 aliphatic rings. The number of H-pyrrole nitrogens is 1. The summed E-state index contributed by atoms with van der Waals surface area (Å²) in [6.07, 6.45) is 11.3. The fourth-order valence-electron chi connectivity index (χ4n) is 11.1. The molecule has 0 aliphatic carbocycles. The maximum atomic E-state index is 15.6. The number of aliphatic imine (C=N–C) groups is 1. The van der Waals surface area contributed by atoms with Gasteiger partial charge in [0.05, 0.1) is 52.4 Å². The van der Waals surface area contributed by atoms with E-state index in [1.807, 2.05) is 52.0 Å². The quantitative estimate of drug-likeness (QED) is 0.0457. The van der Waals surface area contributed by atoms with Crippen molar-refractivity contribution >= 4 is 73.0 Å². The number of aromatic amines is 1. The fraction of sp³-hybridized carbons (Fsp3) is 0.448. The third-order valence-corrected chi connectivity index (χ3v) is 17.1. The molecule has 22 heteroatoms. The molecule has 0 spiro atoms. The molecular weight excluding hydrogens is 1070 g/mol. The van der Waals surface area contributed by atoms with Crippen molar-refractivity contribution in [2.75, 3.05) is 24.2 Å². The van der Waals surface area contributed by atoms with E-state index < -0.39 is 68.2 Å². The summed E-state index contributed by atoms with van der Waals surface area (Å²) >= 11 is 1.54. The number of amidine groups is 1. The number of aliphatic hydroxyl groups excluding tert-OH is 1. The zero-order valence-corrected chi connectivity index (χ0v) is 47.7. The van der Waals surface area contributed by atoms with Crippen LogP contribution in [0.25, 0.3) is 32.5 Å². The molecule has 9 rings (SSSR count). The number of hydrogen-bond donors (Lipinski definition) is 5. The number of carbonyl (C=O) groups excluding carboxylic acids is 4. The predicted octanol–water partition coefficient (Wildman–Crippen LogP) is 8.01. The standard InChI is InChI=1S/C58H68F2N10O8S2/c1-33-49(79-32-64-33)34-17-19-37(20-18-34)58(5)56(76)66-51(67-58)45-24-39(71)29-70(45)55(75)50(57(2,3)4)65-46(72)16-14-12-10-8-9-11-13-15-21-61-53(73)40-25-44-41(22-35(40)31-80(7,77)78)42-30-68(6)54(74)48-47(42)36(26-62-48)28-69(44)52-43(60)23-38(59)27-63-52/h17-20,22-23,25-27,30,32,39,45,50,62,71H,8-16,21,24,28-29,31H2,1-7H3,(H,61,73)(H,65,72)(H,66,67,76)/t39-,45?,50-,58+/m1/s1. The highest BCUT2D eigenvalue weighted by atomic mass is 32.2. The first-order chi connectivity index (χ1) is 37.9. The topological polar surface area (TPSA) is 241 Å². The normalized spacial score (nSPS) is 18.5. The van der Waals surface area contributed by atoms with Gasteiger partial charge in [0.2, 0.25) is 11.8 Å². The molecule has 2 aromatic carbocycles. The fourth-order valence-corrected chi connectivity index (χ4v) is 12.7. The smallest absolute Gasteiger partial charge is 0.277 e. The SMILES string of the molecule is Cc1ncsc1-c1ccc([C@]2(C)NC(C3C[C@@H](O)CN3C(=O)[C@@H](NC(=O)CCCCCCCCCCNC(=O)c3cc4c(cc3CS(C)(=O)=O)-c3cn(C)c(=O)c5[nH]cc(c35)CN4c3ncc(F)cc3F)C(C)(C)C)=NC2=O)cc1. The second kappa shape index (κ2) is 23.1. The molecular formula is C58H68F2N10O8S2. The Balaban J connectivity index is 0.747. The summed E-state index contributed by atoms with van der Waals surface area (Å²) in [6, 6.07) is 9.89. The van der Waals surface area contributed by atoms with Crippen molar-refractivity contribution < 1.29 is 41.5 Å². The van der Waals surface area contributed by atoms with Crippen molar-refractivity contribution in [2.24, 2.45) is 17.5 Å². The van der Waals surface area contributed by atoms with Crippen LogP contribution in [0.2, 0.25) is 0 Å². The highest BCUT2D eigenvalue weighted by Crippen LogP contribution is 2.45. The second-order valence-electron chi connectivity index (χ2n) is 22.7. The third kappa shape index (κ3) is 12.1. The second-order valence-corrected chi connectivity index (χ2v) is 25.7. The molecule has 1 unspecified atom stereocenters. The summed E-state index contributed by atoms with van der Waals surface area (Å²) in [5, 5.41) is 20.7. The van der Waals surface area contributed by atoms with E-state index in [9.17, 15) is 41.9 Å². The number of aromatic nitrogens is 4. The third-order valence-electron chi connectivity index (χ3n) is 15.3. The molecule has 5 N–H and O–H groups in total. The van der Waals surface area contributed by atoms with Gasteiger partial charge in [0.1, 0.15) is 28.8 Å². The van der Waals surface area contributed by atoms with Crippen molar-refractivity contribution in [3.05, 3.63) is 117 Å². The highest BCUT2D eigenvalue weighted by Gasteiger charge is 2.49. The summed E-state index contributed by atoms with van der Waals surface area (Å²) < 4.78 is 56.7. The van der Waals surface area contributed by atoms with Crippen LogP contribution in [0.15, 0.2) is 76.4 Å². The number of halogens is 2. The number of nitrogens with zero attached hydrogens (tertiary/aromatic N) is 6. The van der Waals surface area contributed by atoms with Crippen LogP contribution >= 0.6 is 11.3 Å². The number of rotatable bonds is 20. The van der Waals surface area contributed by atoms with Crippen molar-refractivity contribution in [3.8, 4) is 21.6 Å². The Kier molecular flexibility index (Phi) is 16.6. The van der Waals surface area contributed by atoms with Crippen LogP contribution in [0.4, 0.5) is 20.3 Å². The Morgan fingerprint density at radius 2 is 1.68 bits per heavy atom. The number of fused-ring (bicyclic) bond motifs is 2. The van der Waals surface area contributed by atoms with Crippen molar-refractivity contribution in [3.63, 3.8) is 0 Å². The number of likely N-dealkylation sites (tertiary alicyclic amines) is 1. The van der Waals surface area contributed by atoms with Gasteiger partial charge in [0.25, 0.3) is 17.4 Å². The first kappa shape index (κ1) is 57.5. The van der Waals surface area contributed by atoms with Gasteiger partial charge in [-0.3, -0.25) is 24.0 Å². The van der Waals surface area contributed by atoms with E-state index in [0.29, 0.717) is 70.1 Å². The average molecular weight is 1140 g/mol. The number of pyridine rings is 2. The summed E-state index contributed by atoms with van der Waals surface area (Å²) in [5.74, 6) is -3.75. The Morgan fingerprint density at radius 1 is 0.975 bits per heavy atom. The van der Waals surface area contributed by atoms with E-state index in [2.05, 4.69) is 35.9 Å². The zero-order chi connectivity index (χ0) is 57.4. The first-order valence-corrected chi connectivity index (χ1v) is 30.0. The predicted molar refractivity (Wildman–Crippen MR) is 304 cm³/mol. The molecule has 1 fully saturated rings. The van der Waals surface area contributed by atoms with Gasteiger partial charge in [-0.05, 0) is 66.5 Å². The van der Waals surface area contributed by atoms with Gasteiger partial charge in [-0.2, -0.15) is 4.99 Å². The lowest BCUT2D eigenvalue weighted by Crippen LogP contribution is -2.58. The van der Waals surface area contributed by atoms with Gasteiger partial charge in [-0.15, -0.1) is 11.3 Å². The molecule has 80 heavy (non-hydrogen) atoms. The number of carbonyl (C=O) groups is 4. The lowest BCUT2D eigenvalue weighted by molar-refractivity contribution is -0.139. The Morgan fingerprint density at radius 3 is 2.34 bits per heavy atom. The monoisotopic (exact) mass is 1130 g/mol. The van der Waals surface area contributed by atoms with E-state index in [-0.39, 0.29) is 60.2 Å². The molecule has 3 aliphatic heterocycles. The minimum absolute atomic E-state index is 0.00744. The number of sulfone groups is 1. The van der Waals surface area contributed by atoms with Crippen molar-refractivity contribution in [2.45, 2.75) is 135 Å². The number of anilines is 2. The minimum atomic E-state index is -3.67. The molecule has 0 saturated carbocycles. The Bertz CT molecular complexity index is 3590. The number of hydrogen-bond acceptors (Lipinski definition) is 13. The highest BCUT2D eigenvalue weighted by molar-refractivity contribution is 7.89. The van der Waals surface area contributed by atoms with Crippen LogP contribution in [0, 0.1) is 24.0 Å². The first-order valence-electron chi connectivity index (χ1n) is 27.0. The lowest BCUT2D eigenvalue weighted by atomic mass is 9.85. The number of thiazole rings is 1. The van der Waals surface area contributed by atoms with E-state index >= 15 is 4.39 Å². The Labute approximate surface area is 467 Å². The van der Waals surface area contributed by atoms with E-state index in [4.69, 9.17) is 0 Å².